The van der Waals surface area contributed by atoms with Crippen LogP contribution in [0.4, 0.5) is 16.2 Å². The van der Waals surface area contributed by atoms with Gasteiger partial charge in [0.05, 0.1) is 31.4 Å². The topological polar surface area (TPSA) is 66.7 Å². The van der Waals surface area contributed by atoms with E-state index in [4.69, 9.17) is 9.84 Å². The van der Waals surface area contributed by atoms with Crippen LogP contribution in [0.25, 0.3) is 0 Å². The van der Waals surface area contributed by atoms with Crippen molar-refractivity contribution in [2.24, 2.45) is 0 Å². The zero-order chi connectivity index (χ0) is 26.7. The van der Waals surface area contributed by atoms with Crippen LogP contribution in [0.15, 0.2) is 42.7 Å². The molecule has 1 aromatic carbocycles. The fourth-order valence-corrected chi connectivity index (χ4v) is 6.66. The summed E-state index contributed by atoms with van der Waals surface area (Å²) in [7, 11) is 1.68. The van der Waals surface area contributed by atoms with Crippen LogP contribution in [0.2, 0.25) is 0 Å². The SMILES string of the molecule is COc1nccc(C)c1N1CCC(N2C(=O)N(Cc3ccccc3C3CC3)c3cn(C4CC4)nc3[C@H]2C)CC1. The number of pyridine rings is 1. The molecule has 0 N–H and O–H groups in total. The Morgan fingerprint density at radius 3 is 2.49 bits per heavy atom. The van der Waals surface area contributed by atoms with Crippen molar-refractivity contribution in [3.8, 4) is 5.88 Å². The van der Waals surface area contributed by atoms with Gasteiger partial charge < -0.3 is 14.5 Å². The number of piperidine rings is 1. The van der Waals surface area contributed by atoms with Crippen LogP contribution in [0.1, 0.15) is 85.8 Å². The average molecular weight is 527 g/mol. The maximum Gasteiger partial charge on any atom is 0.325 e. The second kappa shape index (κ2) is 9.57. The maximum atomic E-state index is 14.4. The fourth-order valence-electron chi connectivity index (χ4n) is 6.66. The lowest BCUT2D eigenvalue weighted by molar-refractivity contribution is 0.134. The molecule has 0 unspecified atom stereocenters. The van der Waals surface area contributed by atoms with Gasteiger partial charge in [-0.1, -0.05) is 24.3 Å². The molecule has 0 bridgehead atoms. The highest BCUT2D eigenvalue weighted by atomic mass is 16.5. The number of hydrogen-bond acceptors (Lipinski definition) is 5. The molecule has 39 heavy (non-hydrogen) atoms. The number of carbonyl (C=O) groups is 1. The number of nitrogens with zero attached hydrogens (tertiary/aromatic N) is 6. The standard InChI is InChI=1S/C31H38N6O2/c1-20-12-15-32-30(39-3)29(20)34-16-13-25(14-17-34)37-21(2)28-27(19-36(33-28)24-10-11-24)35(31(37)38)18-23-6-4-5-7-26(23)22-8-9-22/h4-7,12,15,19,21-22,24-25H,8-11,13-14,16-18H2,1-3H3/t21-/m1/s1. The molecule has 7 rings (SSSR count). The first-order valence-corrected chi connectivity index (χ1v) is 14.5. The molecule has 8 nitrogen and oxygen atoms in total. The highest BCUT2D eigenvalue weighted by Gasteiger charge is 2.43. The van der Waals surface area contributed by atoms with Crippen molar-refractivity contribution in [2.75, 3.05) is 30.0 Å². The van der Waals surface area contributed by atoms with Crippen molar-refractivity contribution >= 4 is 17.4 Å². The van der Waals surface area contributed by atoms with E-state index in [2.05, 4.69) is 63.8 Å². The minimum atomic E-state index is -0.0476. The van der Waals surface area contributed by atoms with E-state index in [1.165, 1.54) is 42.4 Å². The third-order valence-corrected chi connectivity index (χ3v) is 9.08. The quantitative estimate of drug-likeness (QED) is 0.379. The monoisotopic (exact) mass is 526 g/mol. The molecule has 4 heterocycles. The zero-order valence-electron chi connectivity index (χ0n) is 23.2. The Labute approximate surface area is 230 Å². The number of amides is 2. The number of carbonyl (C=O) groups excluding carboxylic acids is 1. The largest absolute Gasteiger partial charge is 0.480 e. The van der Waals surface area contributed by atoms with Gasteiger partial charge in [0.1, 0.15) is 11.4 Å². The summed E-state index contributed by atoms with van der Waals surface area (Å²) < 4.78 is 7.71. The van der Waals surface area contributed by atoms with Gasteiger partial charge in [0.25, 0.3) is 0 Å². The lowest BCUT2D eigenvalue weighted by Crippen LogP contribution is -2.55. The molecule has 8 heteroatoms. The van der Waals surface area contributed by atoms with E-state index in [0.29, 0.717) is 24.4 Å². The van der Waals surface area contributed by atoms with E-state index in [0.717, 1.165) is 43.0 Å². The minimum absolute atomic E-state index is 0.0476. The first-order valence-electron chi connectivity index (χ1n) is 14.5. The van der Waals surface area contributed by atoms with E-state index in [1.54, 1.807) is 13.3 Å². The van der Waals surface area contributed by atoms with Gasteiger partial charge in [0, 0.05) is 31.5 Å². The van der Waals surface area contributed by atoms with Crippen LogP contribution in [0.3, 0.4) is 0 Å². The molecule has 3 aromatic rings. The summed E-state index contributed by atoms with van der Waals surface area (Å²) in [5.41, 5.74) is 6.94. The number of benzene rings is 1. The summed E-state index contributed by atoms with van der Waals surface area (Å²) in [5, 5.41) is 5.08. The molecule has 4 aliphatic rings. The number of methoxy groups -OCH3 is 1. The van der Waals surface area contributed by atoms with E-state index in [1.807, 2.05) is 11.0 Å². The van der Waals surface area contributed by atoms with Gasteiger partial charge >= 0.3 is 6.03 Å². The number of hydrogen-bond donors (Lipinski definition) is 0. The molecular weight excluding hydrogens is 488 g/mol. The molecule has 2 aromatic heterocycles. The van der Waals surface area contributed by atoms with Crippen LogP contribution in [-0.2, 0) is 6.54 Å². The molecule has 2 aliphatic heterocycles. The molecule has 3 fully saturated rings. The Balaban J connectivity index is 1.18. The van der Waals surface area contributed by atoms with Crippen molar-refractivity contribution in [3.63, 3.8) is 0 Å². The Morgan fingerprint density at radius 1 is 1.00 bits per heavy atom. The third-order valence-electron chi connectivity index (χ3n) is 9.08. The van der Waals surface area contributed by atoms with Crippen LogP contribution in [0.5, 0.6) is 5.88 Å². The van der Waals surface area contributed by atoms with E-state index in [-0.39, 0.29) is 18.1 Å². The van der Waals surface area contributed by atoms with Gasteiger partial charge in [-0.2, -0.15) is 5.10 Å². The lowest BCUT2D eigenvalue weighted by Gasteiger charge is -2.46. The van der Waals surface area contributed by atoms with Crippen LogP contribution >= 0.6 is 0 Å². The summed E-state index contributed by atoms with van der Waals surface area (Å²) in [6.45, 7) is 6.59. The minimum Gasteiger partial charge on any atom is -0.480 e. The molecule has 0 radical (unpaired) electrons. The van der Waals surface area contributed by atoms with Crippen LogP contribution in [-0.4, -0.2) is 51.9 Å². The van der Waals surface area contributed by atoms with Crippen molar-refractivity contribution in [1.82, 2.24) is 19.7 Å². The summed E-state index contributed by atoms with van der Waals surface area (Å²) in [6, 6.07) is 11.4. The first-order chi connectivity index (χ1) is 19.0. The Bertz CT molecular complexity index is 1390. The van der Waals surface area contributed by atoms with Gasteiger partial charge in [0.2, 0.25) is 5.88 Å². The summed E-state index contributed by atoms with van der Waals surface area (Å²) in [5.74, 6) is 1.31. The summed E-state index contributed by atoms with van der Waals surface area (Å²) >= 11 is 0. The van der Waals surface area contributed by atoms with Gasteiger partial charge in [-0.05, 0) is 81.0 Å². The summed E-state index contributed by atoms with van der Waals surface area (Å²) in [6.07, 6.45) is 10.6. The van der Waals surface area contributed by atoms with E-state index < -0.39 is 0 Å². The second-order valence-electron chi connectivity index (χ2n) is 11.7. The number of urea groups is 1. The molecule has 1 atom stereocenters. The van der Waals surface area contributed by atoms with Gasteiger partial charge in [-0.15, -0.1) is 0 Å². The fraction of sp³-hybridized carbons (Fsp3) is 0.516. The van der Waals surface area contributed by atoms with Crippen molar-refractivity contribution in [2.45, 2.75) is 83.0 Å². The predicted molar refractivity (Wildman–Crippen MR) is 152 cm³/mol. The second-order valence-corrected chi connectivity index (χ2v) is 11.7. The number of anilines is 2. The number of aryl methyl sites for hydroxylation is 1. The molecule has 2 aliphatic carbocycles. The molecule has 0 spiro atoms. The van der Waals surface area contributed by atoms with Gasteiger partial charge in [0.15, 0.2) is 0 Å². The van der Waals surface area contributed by atoms with Gasteiger partial charge in [-0.25, -0.2) is 9.78 Å². The normalized spacial score (nSPS) is 21.9. The molecule has 2 saturated carbocycles. The molecular formula is C31H38N6O2. The first kappa shape index (κ1) is 24.5. The van der Waals surface area contributed by atoms with Crippen LogP contribution < -0.4 is 14.5 Å². The average Bonchev–Trinajstić information content (AvgIpc) is 3.89. The van der Waals surface area contributed by atoms with Crippen molar-refractivity contribution in [1.29, 1.82) is 0 Å². The highest BCUT2D eigenvalue weighted by molar-refractivity contribution is 5.95. The molecule has 204 valence electrons. The highest BCUT2D eigenvalue weighted by Crippen LogP contribution is 2.45. The third kappa shape index (κ3) is 4.34. The van der Waals surface area contributed by atoms with Crippen molar-refractivity contribution < 1.29 is 9.53 Å². The number of rotatable bonds is 7. The Kier molecular flexibility index (Phi) is 6.01. The lowest BCUT2D eigenvalue weighted by atomic mass is 9.97. The number of fused-ring (bicyclic) bond motifs is 1. The zero-order valence-corrected chi connectivity index (χ0v) is 23.2. The molecule has 2 amide bonds. The van der Waals surface area contributed by atoms with E-state index in [9.17, 15) is 4.79 Å². The van der Waals surface area contributed by atoms with E-state index >= 15 is 0 Å². The number of ether oxygens (including phenoxy) is 1. The maximum absolute atomic E-state index is 14.4. The smallest absolute Gasteiger partial charge is 0.325 e. The van der Waals surface area contributed by atoms with Crippen molar-refractivity contribution in [3.05, 3.63) is 65.1 Å². The Morgan fingerprint density at radius 2 is 1.77 bits per heavy atom. The Hall–Kier alpha value is -3.55. The molecule has 1 saturated heterocycles. The number of aromatic nitrogens is 3. The van der Waals surface area contributed by atoms with Crippen LogP contribution in [0, 0.1) is 6.92 Å². The summed E-state index contributed by atoms with van der Waals surface area (Å²) in [4.78, 5) is 25.3. The predicted octanol–water partition coefficient (Wildman–Crippen LogP) is 5.98. The van der Waals surface area contributed by atoms with Gasteiger partial charge in [-0.3, -0.25) is 9.58 Å².